The summed E-state index contributed by atoms with van der Waals surface area (Å²) in [6.45, 7) is 1.10. The first-order valence-electron chi connectivity index (χ1n) is 8.27. The molecule has 0 amide bonds. The number of fused-ring (bicyclic) bond motifs is 5. The van der Waals surface area contributed by atoms with Gasteiger partial charge in [-0.3, -0.25) is 0 Å². The highest BCUT2D eigenvalue weighted by molar-refractivity contribution is 5.85. The van der Waals surface area contributed by atoms with Crippen molar-refractivity contribution in [2.45, 2.75) is 51.3 Å². The molecule has 21 heavy (non-hydrogen) atoms. The van der Waals surface area contributed by atoms with Crippen LogP contribution in [0.4, 0.5) is 0 Å². The molecule has 3 fully saturated rings. The van der Waals surface area contributed by atoms with E-state index in [9.17, 15) is 5.11 Å². The Balaban J connectivity index is 0.00000132. The minimum atomic E-state index is 0. The van der Waals surface area contributed by atoms with Gasteiger partial charge in [0.1, 0.15) is 0 Å². The van der Waals surface area contributed by atoms with Gasteiger partial charge >= 0.3 is 0 Å². The maximum absolute atomic E-state index is 9.21. The number of hydrogen-bond donors (Lipinski definition) is 2. The molecule has 0 saturated heterocycles. The van der Waals surface area contributed by atoms with Gasteiger partial charge in [-0.05, 0) is 60.5 Å². The second kappa shape index (κ2) is 6.28. The first-order valence-corrected chi connectivity index (χ1v) is 8.27. The molecule has 3 aliphatic rings. The highest BCUT2D eigenvalue weighted by atomic mass is 35.5. The maximum Gasteiger partial charge on any atom is 0.0681 e. The zero-order valence-electron chi connectivity index (χ0n) is 12.5. The van der Waals surface area contributed by atoms with Crippen molar-refractivity contribution in [3.8, 4) is 0 Å². The van der Waals surface area contributed by atoms with E-state index in [1.165, 1.54) is 37.7 Å². The average Bonchev–Trinajstić information content (AvgIpc) is 3.17. The quantitative estimate of drug-likeness (QED) is 0.892. The third kappa shape index (κ3) is 2.74. The normalized spacial score (nSPS) is 36.5. The fourth-order valence-corrected chi connectivity index (χ4v) is 5.39. The molecule has 2 bridgehead atoms. The van der Waals surface area contributed by atoms with Crippen LogP contribution in [0.5, 0.6) is 0 Å². The molecule has 0 heterocycles. The van der Waals surface area contributed by atoms with Crippen molar-refractivity contribution in [3.63, 3.8) is 0 Å². The lowest BCUT2D eigenvalue weighted by atomic mass is 9.79. The number of benzene rings is 1. The number of rotatable bonds is 4. The Bertz CT molecular complexity index is 492. The standard InChI is InChI=1S/C18H25NO.ClH/c20-11-13-4-1-3-12(7-13)10-19-18-9-14-8-17(18)16-6-2-5-15(14)16;/h1,3-4,7,14-20H,2,5-6,8-11H2;1H/t14-,15+,16+,17-,18+;/m0./s1. The van der Waals surface area contributed by atoms with E-state index in [1.807, 2.05) is 6.07 Å². The summed E-state index contributed by atoms with van der Waals surface area (Å²) in [7, 11) is 0. The molecule has 2 nitrogen and oxygen atoms in total. The minimum Gasteiger partial charge on any atom is -0.392 e. The zero-order chi connectivity index (χ0) is 13.5. The van der Waals surface area contributed by atoms with Crippen molar-refractivity contribution < 1.29 is 5.11 Å². The van der Waals surface area contributed by atoms with E-state index in [1.54, 1.807) is 0 Å². The van der Waals surface area contributed by atoms with E-state index >= 15 is 0 Å². The Hall–Kier alpha value is -0.570. The number of nitrogens with one attached hydrogen (secondary N) is 1. The van der Waals surface area contributed by atoms with Crippen molar-refractivity contribution >= 4 is 12.4 Å². The molecule has 3 aliphatic carbocycles. The van der Waals surface area contributed by atoms with Crippen LogP contribution in [0.2, 0.25) is 0 Å². The van der Waals surface area contributed by atoms with Gasteiger partial charge in [0.15, 0.2) is 0 Å². The smallest absolute Gasteiger partial charge is 0.0681 e. The molecule has 5 atom stereocenters. The Morgan fingerprint density at radius 2 is 1.86 bits per heavy atom. The zero-order valence-corrected chi connectivity index (χ0v) is 13.3. The Morgan fingerprint density at radius 1 is 1.05 bits per heavy atom. The third-order valence-electron chi connectivity index (χ3n) is 6.17. The summed E-state index contributed by atoms with van der Waals surface area (Å²) < 4.78 is 0. The Morgan fingerprint density at radius 3 is 2.71 bits per heavy atom. The monoisotopic (exact) mass is 307 g/mol. The van der Waals surface area contributed by atoms with Gasteiger partial charge in [0.05, 0.1) is 6.61 Å². The number of aliphatic hydroxyl groups is 1. The lowest BCUT2D eigenvalue weighted by molar-refractivity contribution is 0.208. The maximum atomic E-state index is 9.21. The van der Waals surface area contributed by atoms with Gasteiger partial charge < -0.3 is 10.4 Å². The van der Waals surface area contributed by atoms with Gasteiger partial charge in [-0.25, -0.2) is 0 Å². The summed E-state index contributed by atoms with van der Waals surface area (Å²) in [5.74, 6) is 4.09. The van der Waals surface area contributed by atoms with E-state index in [2.05, 4.69) is 23.5 Å². The number of halogens is 1. The van der Waals surface area contributed by atoms with Gasteiger partial charge in [-0.2, -0.15) is 0 Å². The lowest BCUT2D eigenvalue weighted by Crippen LogP contribution is -2.38. The predicted octanol–water partition coefficient (Wildman–Crippen LogP) is 3.52. The average molecular weight is 308 g/mol. The molecule has 0 radical (unpaired) electrons. The van der Waals surface area contributed by atoms with Gasteiger partial charge in [-0.15, -0.1) is 12.4 Å². The van der Waals surface area contributed by atoms with Crippen LogP contribution >= 0.6 is 12.4 Å². The first-order chi connectivity index (χ1) is 9.85. The van der Waals surface area contributed by atoms with Crippen molar-refractivity contribution in [2.24, 2.45) is 23.7 Å². The topological polar surface area (TPSA) is 32.3 Å². The van der Waals surface area contributed by atoms with Crippen LogP contribution in [0.15, 0.2) is 24.3 Å². The predicted molar refractivity (Wildman–Crippen MR) is 87.3 cm³/mol. The summed E-state index contributed by atoms with van der Waals surface area (Å²) in [5, 5.41) is 13.0. The van der Waals surface area contributed by atoms with Crippen molar-refractivity contribution in [3.05, 3.63) is 35.4 Å². The number of hydrogen-bond acceptors (Lipinski definition) is 2. The summed E-state index contributed by atoms with van der Waals surface area (Å²) in [6.07, 6.45) is 7.38. The molecule has 116 valence electrons. The molecule has 3 heteroatoms. The second-order valence-corrected chi connectivity index (χ2v) is 7.12. The largest absolute Gasteiger partial charge is 0.392 e. The van der Waals surface area contributed by atoms with E-state index in [0.717, 1.165) is 41.8 Å². The van der Waals surface area contributed by atoms with Gasteiger partial charge in [0.2, 0.25) is 0 Å². The first kappa shape index (κ1) is 15.3. The van der Waals surface area contributed by atoms with Crippen LogP contribution in [0.3, 0.4) is 0 Å². The van der Waals surface area contributed by atoms with Crippen LogP contribution in [0, 0.1) is 23.7 Å². The molecule has 0 aliphatic heterocycles. The third-order valence-corrected chi connectivity index (χ3v) is 6.17. The fourth-order valence-electron chi connectivity index (χ4n) is 5.39. The SMILES string of the molecule is Cl.OCc1cccc(CN[C@@H]2C[C@@H]3C[C@H]2[C@@H]2CCC[C@H]32)c1. The molecule has 2 N–H and O–H groups in total. The molecule has 3 saturated carbocycles. The molecule has 0 unspecified atom stereocenters. The molecule has 4 rings (SSSR count). The van der Waals surface area contributed by atoms with E-state index in [-0.39, 0.29) is 19.0 Å². The summed E-state index contributed by atoms with van der Waals surface area (Å²) >= 11 is 0. The molecule has 1 aromatic carbocycles. The van der Waals surface area contributed by atoms with E-state index in [4.69, 9.17) is 0 Å². The lowest BCUT2D eigenvalue weighted by Gasteiger charge is -2.32. The van der Waals surface area contributed by atoms with Crippen LogP contribution in [-0.2, 0) is 13.2 Å². The van der Waals surface area contributed by atoms with E-state index < -0.39 is 0 Å². The molecular weight excluding hydrogens is 282 g/mol. The van der Waals surface area contributed by atoms with Crippen LogP contribution in [0.1, 0.15) is 43.2 Å². The van der Waals surface area contributed by atoms with Crippen molar-refractivity contribution in [1.82, 2.24) is 5.32 Å². The fraction of sp³-hybridized carbons (Fsp3) is 0.667. The Labute approximate surface area is 133 Å². The highest BCUT2D eigenvalue weighted by Gasteiger charge is 2.53. The van der Waals surface area contributed by atoms with Crippen molar-refractivity contribution in [1.29, 1.82) is 0 Å². The molecular formula is C18H26ClNO. The summed E-state index contributed by atoms with van der Waals surface area (Å²) in [6, 6.07) is 9.08. The van der Waals surface area contributed by atoms with Gasteiger partial charge in [0, 0.05) is 12.6 Å². The van der Waals surface area contributed by atoms with E-state index in [0.29, 0.717) is 0 Å². The molecule has 1 aromatic rings. The van der Waals surface area contributed by atoms with Gasteiger partial charge in [-0.1, -0.05) is 30.7 Å². The summed E-state index contributed by atoms with van der Waals surface area (Å²) in [5.41, 5.74) is 2.33. The second-order valence-electron chi connectivity index (χ2n) is 7.12. The van der Waals surface area contributed by atoms with Crippen molar-refractivity contribution in [2.75, 3.05) is 0 Å². The minimum absolute atomic E-state index is 0. The molecule has 0 spiro atoms. The van der Waals surface area contributed by atoms with Crippen LogP contribution in [-0.4, -0.2) is 11.1 Å². The van der Waals surface area contributed by atoms with Crippen LogP contribution < -0.4 is 5.32 Å². The Kier molecular flexibility index (Phi) is 4.58. The highest BCUT2D eigenvalue weighted by Crippen LogP contribution is 2.58. The van der Waals surface area contributed by atoms with Gasteiger partial charge in [0.25, 0.3) is 0 Å². The summed E-state index contributed by atoms with van der Waals surface area (Å²) in [4.78, 5) is 0. The molecule has 0 aromatic heterocycles. The number of aliphatic hydroxyl groups excluding tert-OH is 1. The van der Waals surface area contributed by atoms with Crippen LogP contribution in [0.25, 0.3) is 0 Å².